The predicted octanol–water partition coefficient (Wildman–Crippen LogP) is 2.36. The Balaban J connectivity index is 2.09. The number of rotatable bonds is 1. The first-order valence-electron chi connectivity index (χ1n) is 5.62. The van der Waals surface area contributed by atoms with Gasteiger partial charge in [0, 0.05) is 17.5 Å². The Morgan fingerprint density at radius 2 is 2.29 bits per heavy atom. The zero-order valence-electron chi connectivity index (χ0n) is 9.06. The number of anilines is 1. The molecule has 1 aromatic rings. The van der Waals surface area contributed by atoms with Crippen LogP contribution in [0.5, 0.6) is 0 Å². The van der Waals surface area contributed by atoms with Crippen molar-refractivity contribution in [3.05, 3.63) is 41.7 Å². The zero-order chi connectivity index (χ0) is 12.0. The molecule has 0 saturated carbocycles. The molecule has 1 aromatic carbocycles. The lowest BCUT2D eigenvalue weighted by Crippen LogP contribution is -2.41. The number of nitrogens with one attached hydrogen (secondary N) is 1. The van der Waals surface area contributed by atoms with Gasteiger partial charge in [-0.25, -0.2) is 9.18 Å². The van der Waals surface area contributed by atoms with E-state index >= 15 is 0 Å². The maximum atomic E-state index is 13.2. The molecule has 1 heterocycles. The summed E-state index contributed by atoms with van der Waals surface area (Å²) in [6.45, 7) is 0. The van der Waals surface area contributed by atoms with Crippen molar-refractivity contribution in [2.45, 2.75) is 18.4 Å². The van der Waals surface area contributed by atoms with E-state index in [0.717, 1.165) is 17.7 Å². The standard InChI is InChI=1S/C13H12FNO2/c14-7-4-5-11-10(6-7)8-2-1-3-9(8)12(15-11)13(16)17/h1-2,4-6,8-9,12,15H,3H2,(H,16,17)/t8-,9+,12+/m1/s1. The average molecular weight is 233 g/mol. The molecule has 2 N–H and O–H groups in total. The Bertz CT molecular complexity index is 512. The normalized spacial score (nSPS) is 29.4. The van der Waals surface area contributed by atoms with Crippen LogP contribution in [-0.2, 0) is 4.79 Å². The van der Waals surface area contributed by atoms with E-state index in [1.54, 1.807) is 6.07 Å². The Morgan fingerprint density at radius 3 is 3.06 bits per heavy atom. The molecule has 2 aliphatic rings. The molecular formula is C13H12FNO2. The number of allylic oxidation sites excluding steroid dienone is 2. The molecule has 0 spiro atoms. The Kier molecular flexibility index (Phi) is 2.18. The highest BCUT2D eigenvalue weighted by molar-refractivity contribution is 5.80. The average Bonchev–Trinajstić information content (AvgIpc) is 2.76. The number of hydrogen-bond donors (Lipinski definition) is 2. The summed E-state index contributed by atoms with van der Waals surface area (Å²) in [5.41, 5.74) is 1.59. The second-order valence-corrected chi connectivity index (χ2v) is 4.55. The Morgan fingerprint density at radius 1 is 1.47 bits per heavy atom. The van der Waals surface area contributed by atoms with Crippen LogP contribution in [-0.4, -0.2) is 17.1 Å². The van der Waals surface area contributed by atoms with E-state index in [-0.39, 0.29) is 17.7 Å². The van der Waals surface area contributed by atoms with Crippen molar-refractivity contribution in [1.29, 1.82) is 0 Å². The van der Waals surface area contributed by atoms with Crippen molar-refractivity contribution in [3.8, 4) is 0 Å². The van der Waals surface area contributed by atoms with Crippen LogP contribution < -0.4 is 5.32 Å². The first kappa shape index (κ1) is 10.3. The van der Waals surface area contributed by atoms with Crippen LogP contribution in [0.25, 0.3) is 0 Å². The Labute approximate surface area is 98.0 Å². The van der Waals surface area contributed by atoms with Gasteiger partial charge >= 0.3 is 5.97 Å². The van der Waals surface area contributed by atoms with Gasteiger partial charge < -0.3 is 10.4 Å². The van der Waals surface area contributed by atoms with Gasteiger partial charge in [0.1, 0.15) is 11.9 Å². The molecule has 0 bridgehead atoms. The fraction of sp³-hybridized carbons (Fsp3) is 0.308. The van der Waals surface area contributed by atoms with Gasteiger partial charge in [-0.05, 0) is 30.2 Å². The second-order valence-electron chi connectivity index (χ2n) is 4.55. The van der Waals surface area contributed by atoms with Crippen molar-refractivity contribution in [3.63, 3.8) is 0 Å². The lowest BCUT2D eigenvalue weighted by atomic mass is 9.79. The number of aliphatic carboxylic acids is 1. The number of hydrogen-bond acceptors (Lipinski definition) is 2. The minimum Gasteiger partial charge on any atom is -0.480 e. The van der Waals surface area contributed by atoms with E-state index in [9.17, 15) is 14.3 Å². The Hall–Kier alpha value is -1.84. The van der Waals surface area contributed by atoms with Gasteiger partial charge in [-0.1, -0.05) is 12.2 Å². The largest absolute Gasteiger partial charge is 0.480 e. The zero-order valence-corrected chi connectivity index (χ0v) is 9.06. The molecule has 3 nitrogen and oxygen atoms in total. The third-order valence-electron chi connectivity index (χ3n) is 3.59. The molecule has 0 fully saturated rings. The van der Waals surface area contributed by atoms with Crippen LogP contribution in [0.4, 0.5) is 10.1 Å². The van der Waals surface area contributed by atoms with Crippen molar-refractivity contribution in [2.24, 2.45) is 5.92 Å². The van der Waals surface area contributed by atoms with Gasteiger partial charge in [0.2, 0.25) is 0 Å². The van der Waals surface area contributed by atoms with Crippen LogP contribution in [0.2, 0.25) is 0 Å². The minimum absolute atomic E-state index is 0.0122. The highest BCUT2D eigenvalue weighted by atomic mass is 19.1. The molecule has 3 atom stereocenters. The molecule has 88 valence electrons. The topological polar surface area (TPSA) is 49.3 Å². The molecule has 0 radical (unpaired) electrons. The number of halogens is 1. The quantitative estimate of drug-likeness (QED) is 0.732. The highest BCUT2D eigenvalue weighted by Crippen LogP contribution is 2.44. The first-order valence-corrected chi connectivity index (χ1v) is 5.62. The monoisotopic (exact) mass is 233 g/mol. The van der Waals surface area contributed by atoms with Crippen molar-refractivity contribution < 1.29 is 14.3 Å². The number of carboxylic acids is 1. The summed E-state index contributed by atoms with van der Waals surface area (Å²) >= 11 is 0. The molecule has 4 heteroatoms. The molecule has 0 unspecified atom stereocenters. The van der Waals surface area contributed by atoms with E-state index in [1.165, 1.54) is 12.1 Å². The highest BCUT2D eigenvalue weighted by Gasteiger charge is 2.40. The summed E-state index contributed by atoms with van der Waals surface area (Å²) in [6.07, 6.45) is 4.69. The molecule has 3 rings (SSSR count). The fourth-order valence-corrected chi connectivity index (χ4v) is 2.81. The van der Waals surface area contributed by atoms with Crippen molar-refractivity contribution in [2.75, 3.05) is 5.32 Å². The van der Waals surface area contributed by atoms with Gasteiger partial charge in [0.25, 0.3) is 0 Å². The minimum atomic E-state index is -0.848. The molecule has 17 heavy (non-hydrogen) atoms. The van der Waals surface area contributed by atoms with Gasteiger partial charge in [0.15, 0.2) is 0 Å². The lowest BCUT2D eigenvalue weighted by molar-refractivity contribution is -0.139. The number of fused-ring (bicyclic) bond motifs is 3. The third-order valence-corrected chi connectivity index (χ3v) is 3.59. The summed E-state index contributed by atoms with van der Waals surface area (Å²) in [5, 5.41) is 12.2. The predicted molar refractivity (Wildman–Crippen MR) is 61.4 cm³/mol. The van der Waals surface area contributed by atoms with Crippen LogP contribution in [0.15, 0.2) is 30.4 Å². The van der Waals surface area contributed by atoms with Crippen LogP contribution >= 0.6 is 0 Å². The number of benzene rings is 1. The summed E-state index contributed by atoms with van der Waals surface area (Å²) < 4.78 is 13.2. The van der Waals surface area contributed by atoms with Gasteiger partial charge in [-0.3, -0.25) is 0 Å². The number of carboxylic acid groups (broad SMARTS) is 1. The van der Waals surface area contributed by atoms with Crippen molar-refractivity contribution >= 4 is 11.7 Å². The van der Waals surface area contributed by atoms with E-state index in [2.05, 4.69) is 5.32 Å². The van der Waals surface area contributed by atoms with Crippen LogP contribution in [0.1, 0.15) is 17.9 Å². The van der Waals surface area contributed by atoms with Crippen LogP contribution in [0, 0.1) is 11.7 Å². The molecule has 1 aliphatic carbocycles. The summed E-state index contributed by atoms with van der Waals surface area (Å²) in [6, 6.07) is 3.87. The second kappa shape index (κ2) is 3.58. The lowest BCUT2D eigenvalue weighted by Gasteiger charge is -2.34. The smallest absolute Gasteiger partial charge is 0.326 e. The third kappa shape index (κ3) is 1.52. The summed E-state index contributed by atoms with van der Waals surface area (Å²) in [4.78, 5) is 11.2. The van der Waals surface area contributed by atoms with Gasteiger partial charge in [-0.15, -0.1) is 0 Å². The number of carbonyl (C=O) groups is 1. The van der Waals surface area contributed by atoms with E-state index in [1.807, 2.05) is 12.2 Å². The first-order chi connectivity index (χ1) is 8.16. The van der Waals surface area contributed by atoms with Crippen molar-refractivity contribution in [1.82, 2.24) is 0 Å². The molecule has 0 saturated heterocycles. The molecular weight excluding hydrogens is 221 g/mol. The molecule has 0 amide bonds. The SMILES string of the molecule is O=C(O)[C@H]1Nc2ccc(F)cc2[C@@H]2C=CC[C@H]12. The van der Waals surface area contributed by atoms with Gasteiger partial charge in [0.05, 0.1) is 0 Å². The molecule has 1 aliphatic heterocycles. The van der Waals surface area contributed by atoms with Crippen LogP contribution in [0.3, 0.4) is 0 Å². The van der Waals surface area contributed by atoms with E-state index in [0.29, 0.717) is 0 Å². The van der Waals surface area contributed by atoms with E-state index in [4.69, 9.17) is 0 Å². The molecule has 0 aromatic heterocycles. The van der Waals surface area contributed by atoms with E-state index < -0.39 is 12.0 Å². The summed E-state index contributed by atoms with van der Waals surface area (Å²) in [5.74, 6) is -1.12. The maximum absolute atomic E-state index is 13.2. The summed E-state index contributed by atoms with van der Waals surface area (Å²) in [7, 11) is 0. The van der Waals surface area contributed by atoms with Gasteiger partial charge in [-0.2, -0.15) is 0 Å². The maximum Gasteiger partial charge on any atom is 0.326 e. The fourth-order valence-electron chi connectivity index (χ4n) is 2.81.